The summed E-state index contributed by atoms with van der Waals surface area (Å²) in [6.45, 7) is 4.89. The maximum Gasteiger partial charge on any atom is 0.0871 e. The Bertz CT molecular complexity index is 124. The van der Waals surface area contributed by atoms with Gasteiger partial charge in [0, 0.05) is 19.6 Å². The highest BCUT2D eigenvalue weighted by atomic mass is 16.5. The van der Waals surface area contributed by atoms with E-state index in [9.17, 15) is 5.11 Å². The summed E-state index contributed by atoms with van der Waals surface area (Å²) in [5.74, 6) is 0. The Kier molecular flexibility index (Phi) is 8.14. The summed E-state index contributed by atoms with van der Waals surface area (Å²) >= 11 is 0. The molecular weight excluding hydrogens is 180 g/mol. The highest BCUT2D eigenvalue weighted by molar-refractivity contribution is 4.69. The van der Waals surface area contributed by atoms with E-state index in [1.54, 1.807) is 6.92 Å². The maximum absolute atomic E-state index is 9.43. The van der Waals surface area contributed by atoms with Crippen LogP contribution < -0.4 is 0 Å². The van der Waals surface area contributed by atoms with E-state index in [1.807, 2.05) is 0 Å². The second-order valence-corrected chi connectivity index (χ2v) is 4.08. The molecule has 0 amide bonds. The molecule has 0 rings (SSSR count). The minimum absolute atomic E-state index is 0.202. The lowest BCUT2D eigenvalue weighted by atomic mass is 10.1. The van der Waals surface area contributed by atoms with Gasteiger partial charge in [0.1, 0.15) is 0 Å². The van der Waals surface area contributed by atoms with E-state index in [4.69, 9.17) is 9.84 Å². The minimum Gasteiger partial charge on any atom is -0.393 e. The Balaban J connectivity index is 3.13. The molecule has 0 radical (unpaired) electrons. The molecule has 0 aliphatic heterocycles. The van der Waals surface area contributed by atoms with Crippen LogP contribution in [0.4, 0.5) is 0 Å². The van der Waals surface area contributed by atoms with Crippen LogP contribution in [0.2, 0.25) is 0 Å². The third kappa shape index (κ3) is 8.48. The van der Waals surface area contributed by atoms with Gasteiger partial charge >= 0.3 is 0 Å². The van der Waals surface area contributed by atoms with Crippen molar-refractivity contribution in [2.75, 3.05) is 19.8 Å². The number of rotatable bonds is 9. The summed E-state index contributed by atoms with van der Waals surface area (Å²) in [4.78, 5) is 0. The predicted octanol–water partition coefficient (Wildman–Crippen LogP) is 1.72. The lowest BCUT2D eigenvalue weighted by Gasteiger charge is -2.19. The van der Waals surface area contributed by atoms with E-state index in [0.29, 0.717) is 13.0 Å². The third-order valence-corrected chi connectivity index (χ3v) is 2.27. The Morgan fingerprint density at radius 2 is 1.86 bits per heavy atom. The maximum atomic E-state index is 9.43. The fraction of sp³-hybridized carbons (Fsp3) is 1.00. The largest absolute Gasteiger partial charge is 0.393 e. The van der Waals surface area contributed by atoms with Crippen molar-refractivity contribution in [3.63, 3.8) is 0 Å². The quantitative estimate of drug-likeness (QED) is 0.562. The fourth-order valence-corrected chi connectivity index (χ4v) is 1.10. The average molecular weight is 204 g/mol. The molecule has 0 saturated carbocycles. The van der Waals surface area contributed by atoms with Gasteiger partial charge < -0.3 is 14.9 Å². The van der Waals surface area contributed by atoms with E-state index >= 15 is 0 Å². The number of aliphatic hydroxyl groups is 2. The second-order valence-electron chi connectivity index (χ2n) is 4.08. The van der Waals surface area contributed by atoms with Gasteiger partial charge in [0.05, 0.1) is 12.2 Å². The molecular formula is C11H24O3. The molecule has 3 heteroatoms. The first-order valence-corrected chi connectivity index (χ1v) is 5.53. The molecule has 0 fully saturated rings. The number of hydrogen-bond acceptors (Lipinski definition) is 3. The molecule has 0 aliphatic carbocycles. The molecule has 2 N–H and O–H groups in total. The summed E-state index contributed by atoms with van der Waals surface area (Å²) in [5.41, 5.74) is -0.983. The molecule has 0 aromatic rings. The van der Waals surface area contributed by atoms with Gasteiger partial charge in [0.2, 0.25) is 0 Å². The van der Waals surface area contributed by atoms with Crippen LogP contribution in [0, 0.1) is 0 Å². The van der Waals surface area contributed by atoms with Crippen LogP contribution >= 0.6 is 0 Å². The third-order valence-electron chi connectivity index (χ3n) is 2.27. The smallest absolute Gasteiger partial charge is 0.0871 e. The van der Waals surface area contributed by atoms with Crippen molar-refractivity contribution in [1.29, 1.82) is 0 Å². The normalized spacial score (nSPS) is 15.4. The zero-order valence-corrected chi connectivity index (χ0v) is 9.46. The van der Waals surface area contributed by atoms with Gasteiger partial charge in [-0.15, -0.1) is 0 Å². The molecule has 0 aromatic carbocycles. The van der Waals surface area contributed by atoms with Crippen molar-refractivity contribution in [1.82, 2.24) is 0 Å². The summed E-state index contributed by atoms with van der Waals surface area (Å²) < 4.78 is 5.35. The van der Waals surface area contributed by atoms with Crippen molar-refractivity contribution < 1.29 is 14.9 Å². The highest BCUT2D eigenvalue weighted by Gasteiger charge is 2.17. The topological polar surface area (TPSA) is 49.7 Å². The monoisotopic (exact) mass is 204 g/mol. The Morgan fingerprint density at radius 1 is 1.14 bits per heavy atom. The molecule has 86 valence electrons. The molecule has 14 heavy (non-hydrogen) atoms. The van der Waals surface area contributed by atoms with Crippen LogP contribution in [0.15, 0.2) is 0 Å². The molecule has 0 saturated heterocycles. The number of hydrogen-bond donors (Lipinski definition) is 2. The lowest BCUT2D eigenvalue weighted by molar-refractivity contribution is -0.0269. The van der Waals surface area contributed by atoms with Gasteiger partial charge in [0.15, 0.2) is 0 Å². The van der Waals surface area contributed by atoms with Crippen molar-refractivity contribution in [3.8, 4) is 0 Å². The predicted molar refractivity (Wildman–Crippen MR) is 57.3 cm³/mol. The van der Waals surface area contributed by atoms with Crippen molar-refractivity contribution in [2.45, 2.75) is 51.6 Å². The Morgan fingerprint density at radius 3 is 2.43 bits per heavy atom. The molecule has 0 bridgehead atoms. The van der Waals surface area contributed by atoms with Gasteiger partial charge in [-0.2, -0.15) is 0 Å². The first-order valence-electron chi connectivity index (χ1n) is 5.53. The molecule has 0 aliphatic rings. The van der Waals surface area contributed by atoms with Crippen molar-refractivity contribution >= 4 is 0 Å². The Labute approximate surface area is 87.1 Å². The summed E-state index contributed by atoms with van der Waals surface area (Å²) in [6, 6.07) is 0. The van der Waals surface area contributed by atoms with Gasteiger partial charge in [-0.1, -0.05) is 26.2 Å². The van der Waals surface area contributed by atoms with E-state index in [2.05, 4.69) is 6.92 Å². The fourth-order valence-electron chi connectivity index (χ4n) is 1.10. The lowest BCUT2D eigenvalue weighted by Crippen LogP contribution is -2.30. The van der Waals surface area contributed by atoms with Crippen LogP contribution in [-0.4, -0.2) is 35.6 Å². The summed E-state index contributed by atoms with van der Waals surface area (Å²) in [5, 5.41) is 18.2. The van der Waals surface area contributed by atoms with E-state index in [-0.39, 0.29) is 6.61 Å². The van der Waals surface area contributed by atoms with E-state index < -0.39 is 5.60 Å². The Hall–Kier alpha value is -0.120. The van der Waals surface area contributed by atoms with Gasteiger partial charge in [-0.3, -0.25) is 0 Å². The SMILES string of the molecule is CCCCCCOCCC(C)(O)CO. The summed E-state index contributed by atoms with van der Waals surface area (Å²) in [6.07, 6.45) is 5.30. The first-order chi connectivity index (χ1) is 6.62. The molecule has 0 aromatic heterocycles. The van der Waals surface area contributed by atoms with Crippen LogP contribution in [-0.2, 0) is 4.74 Å². The average Bonchev–Trinajstić information content (AvgIpc) is 2.16. The van der Waals surface area contributed by atoms with Gasteiger partial charge in [-0.05, 0) is 13.3 Å². The van der Waals surface area contributed by atoms with Crippen LogP contribution in [0.1, 0.15) is 46.0 Å². The van der Waals surface area contributed by atoms with Crippen LogP contribution in [0.5, 0.6) is 0 Å². The molecule has 3 nitrogen and oxygen atoms in total. The standard InChI is InChI=1S/C11H24O3/c1-3-4-5-6-8-14-9-7-11(2,13)10-12/h12-13H,3-10H2,1-2H3. The minimum atomic E-state index is -0.983. The number of unbranched alkanes of at least 4 members (excludes halogenated alkanes) is 3. The summed E-state index contributed by atoms with van der Waals surface area (Å²) in [7, 11) is 0. The van der Waals surface area contributed by atoms with Gasteiger partial charge in [-0.25, -0.2) is 0 Å². The molecule has 0 heterocycles. The highest BCUT2D eigenvalue weighted by Crippen LogP contribution is 2.07. The van der Waals surface area contributed by atoms with E-state index in [0.717, 1.165) is 13.0 Å². The molecule has 0 spiro atoms. The van der Waals surface area contributed by atoms with Crippen molar-refractivity contribution in [2.24, 2.45) is 0 Å². The van der Waals surface area contributed by atoms with Crippen LogP contribution in [0.25, 0.3) is 0 Å². The van der Waals surface area contributed by atoms with Crippen LogP contribution in [0.3, 0.4) is 0 Å². The van der Waals surface area contributed by atoms with Gasteiger partial charge in [0.25, 0.3) is 0 Å². The second kappa shape index (κ2) is 8.21. The zero-order valence-electron chi connectivity index (χ0n) is 9.46. The zero-order chi connectivity index (χ0) is 10.9. The van der Waals surface area contributed by atoms with E-state index in [1.165, 1.54) is 19.3 Å². The molecule has 1 atom stereocenters. The molecule has 1 unspecified atom stereocenters. The van der Waals surface area contributed by atoms with Crippen molar-refractivity contribution in [3.05, 3.63) is 0 Å². The first kappa shape index (κ1) is 13.9. The number of ether oxygens (including phenoxy) is 1. The number of aliphatic hydroxyl groups excluding tert-OH is 1.